The Balaban J connectivity index is 0.00000324. The minimum atomic E-state index is -3.08. The minimum Gasteiger partial charge on any atom is -0.349 e. The molecule has 0 aliphatic rings. The predicted molar refractivity (Wildman–Crippen MR) is 74.1 cm³/mol. The number of rotatable bonds is 5. The zero-order valence-corrected chi connectivity index (χ0v) is 11.9. The second-order valence-corrected chi connectivity index (χ2v) is 4.49. The van der Waals surface area contributed by atoms with Gasteiger partial charge in [0.2, 0.25) is 5.91 Å². The van der Waals surface area contributed by atoms with Gasteiger partial charge < -0.3 is 11.1 Å². The molecule has 0 spiro atoms. The number of carbonyl (C=O) groups excluding carboxylic acids is 1. The van der Waals surface area contributed by atoms with Gasteiger partial charge in [0.15, 0.2) is 0 Å². The van der Waals surface area contributed by atoms with Crippen LogP contribution in [0.15, 0.2) is 24.3 Å². The summed E-state index contributed by atoms with van der Waals surface area (Å²) in [5, 5.41) is 2.68. The van der Waals surface area contributed by atoms with Crippen molar-refractivity contribution in [1.82, 2.24) is 5.32 Å². The predicted octanol–water partition coefficient (Wildman–Crippen LogP) is 2.58. The van der Waals surface area contributed by atoms with Crippen LogP contribution in [0.3, 0.4) is 0 Å². The van der Waals surface area contributed by atoms with E-state index in [1.54, 1.807) is 31.2 Å². The van der Waals surface area contributed by atoms with Gasteiger partial charge in [-0.3, -0.25) is 4.79 Å². The lowest BCUT2D eigenvalue weighted by molar-refractivity contribution is -0.124. The number of carbonyl (C=O) groups is 1. The topological polar surface area (TPSA) is 55.1 Å². The normalized spacial score (nSPS) is 12.5. The minimum absolute atomic E-state index is 0. The van der Waals surface area contributed by atoms with Crippen molar-refractivity contribution >= 4 is 29.9 Å². The molecule has 1 amide bonds. The summed E-state index contributed by atoms with van der Waals surface area (Å²) in [5.41, 5.74) is 5.56. The highest BCUT2D eigenvalue weighted by molar-refractivity contribution is 6.30. The molecular formula is C12H16Cl2F2N2O. The van der Waals surface area contributed by atoms with Gasteiger partial charge in [0.1, 0.15) is 0 Å². The van der Waals surface area contributed by atoms with Crippen molar-refractivity contribution in [2.45, 2.75) is 18.8 Å². The van der Waals surface area contributed by atoms with E-state index in [9.17, 15) is 13.6 Å². The van der Waals surface area contributed by atoms with Crippen molar-refractivity contribution in [1.29, 1.82) is 0 Å². The highest BCUT2D eigenvalue weighted by Gasteiger charge is 2.28. The molecule has 0 saturated heterocycles. The molecule has 0 fully saturated rings. The Morgan fingerprint density at radius 1 is 1.53 bits per heavy atom. The number of hydrogen-bond acceptors (Lipinski definition) is 2. The molecule has 0 saturated carbocycles. The molecule has 0 aromatic heterocycles. The summed E-state index contributed by atoms with van der Waals surface area (Å²) in [5.74, 6) is -4.10. The molecule has 108 valence electrons. The van der Waals surface area contributed by atoms with Gasteiger partial charge >= 0.3 is 0 Å². The number of alkyl halides is 2. The van der Waals surface area contributed by atoms with Gasteiger partial charge in [-0.25, -0.2) is 8.78 Å². The van der Waals surface area contributed by atoms with Crippen LogP contribution < -0.4 is 11.1 Å². The third-order valence-corrected chi connectivity index (χ3v) is 2.80. The van der Waals surface area contributed by atoms with Crippen molar-refractivity contribution in [2.75, 3.05) is 13.1 Å². The molecule has 0 aliphatic carbocycles. The number of hydrogen-bond donors (Lipinski definition) is 2. The highest BCUT2D eigenvalue weighted by atomic mass is 35.5. The summed E-state index contributed by atoms with van der Waals surface area (Å²) in [6, 6.07) is 6.73. The Morgan fingerprint density at radius 2 is 2.16 bits per heavy atom. The Morgan fingerprint density at radius 3 is 2.68 bits per heavy atom. The van der Waals surface area contributed by atoms with Crippen LogP contribution in [0.2, 0.25) is 5.02 Å². The molecule has 0 bridgehead atoms. The average molecular weight is 313 g/mol. The first-order chi connectivity index (χ1) is 8.35. The average Bonchev–Trinajstić information content (AvgIpc) is 2.35. The fraction of sp³-hybridized carbons (Fsp3) is 0.417. The fourth-order valence-corrected chi connectivity index (χ4v) is 1.57. The van der Waals surface area contributed by atoms with E-state index in [1.807, 2.05) is 0 Å². The third kappa shape index (κ3) is 5.72. The highest BCUT2D eigenvalue weighted by Crippen LogP contribution is 2.19. The van der Waals surface area contributed by atoms with E-state index in [4.69, 9.17) is 17.3 Å². The summed E-state index contributed by atoms with van der Waals surface area (Å²) < 4.78 is 25.8. The van der Waals surface area contributed by atoms with Gasteiger partial charge in [0, 0.05) is 5.02 Å². The fourth-order valence-electron chi connectivity index (χ4n) is 1.37. The maximum atomic E-state index is 12.9. The maximum absolute atomic E-state index is 12.9. The number of benzene rings is 1. The van der Waals surface area contributed by atoms with Gasteiger partial charge in [0.05, 0.1) is 19.0 Å². The summed E-state index contributed by atoms with van der Waals surface area (Å²) >= 11 is 5.80. The van der Waals surface area contributed by atoms with E-state index in [-0.39, 0.29) is 12.4 Å². The number of nitrogens with one attached hydrogen (secondary N) is 1. The second kappa shape index (κ2) is 7.62. The smallest absolute Gasteiger partial charge is 0.277 e. The van der Waals surface area contributed by atoms with Crippen LogP contribution in [0.4, 0.5) is 8.78 Å². The Labute approximate surface area is 121 Å². The number of halogens is 4. The molecule has 1 rings (SSSR count). The van der Waals surface area contributed by atoms with Crippen molar-refractivity contribution in [3.8, 4) is 0 Å². The van der Waals surface area contributed by atoms with Crippen LogP contribution >= 0.6 is 24.0 Å². The maximum Gasteiger partial charge on any atom is 0.277 e. The quantitative estimate of drug-likeness (QED) is 0.878. The van der Waals surface area contributed by atoms with E-state index >= 15 is 0 Å². The molecule has 1 aromatic rings. The lowest BCUT2D eigenvalue weighted by Crippen LogP contribution is -2.42. The summed E-state index contributed by atoms with van der Waals surface area (Å²) in [7, 11) is 0. The zero-order chi connectivity index (χ0) is 13.8. The van der Waals surface area contributed by atoms with Crippen molar-refractivity contribution in [3.63, 3.8) is 0 Å². The molecule has 0 radical (unpaired) electrons. The standard InChI is InChI=1S/C12H15ClF2N2O.ClH/c1-8(9-3-2-4-10(13)5-9)11(18)17-7-12(14,15)6-16;/h2-5,8H,6-7,16H2,1H3,(H,17,18);1H. The lowest BCUT2D eigenvalue weighted by Gasteiger charge is -2.17. The van der Waals surface area contributed by atoms with Gasteiger partial charge in [-0.05, 0) is 24.6 Å². The van der Waals surface area contributed by atoms with Crippen LogP contribution in [0.1, 0.15) is 18.4 Å². The molecule has 19 heavy (non-hydrogen) atoms. The first-order valence-corrected chi connectivity index (χ1v) is 5.84. The monoisotopic (exact) mass is 312 g/mol. The molecule has 1 unspecified atom stereocenters. The van der Waals surface area contributed by atoms with E-state index in [0.29, 0.717) is 10.6 Å². The molecule has 0 aliphatic heterocycles. The summed E-state index contributed by atoms with van der Waals surface area (Å²) in [6.07, 6.45) is 0. The van der Waals surface area contributed by atoms with Crippen molar-refractivity contribution < 1.29 is 13.6 Å². The van der Waals surface area contributed by atoms with Crippen LogP contribution in [-0.4, -0.2) is 24.9 Å². The van der Waals surface area contributed by atoms with Gasteiger partial charge in [-0.1, -0.05) is 23.7 Å². The SMILES string of the molecule is CC(C(=O)NCC(F)(F)CN)c1cccc(Cl)c1.Cl. The van der Waals surface area contributed by atoms with E-state index in [0.717, 1.165) is 0 Å². The van der Waals surface area contributed by atoms with Crippen LogP contribution in [0, 0.1) is 0 Å². The Bertz CT molecular complexity index is 430. The molecule has 3 nitrogen and oxygen atoms in total. The summed E-state index contributed by atoms with van der Waals surface area (Å²) in [6.45, 7) is 0.0770. The van der Waals surface area contributed by atoms with Crippen LogP contribution in [0.25, 0.3) is 0 Å². The van der Waals surface area contributed by atoms with Crippen LogP contribution in [0.5, 0.6) is 0 Å². The lowest BCUT2D eigenvalue weighted by atomic mass is 10.0. The van der Waals surface area contributed by atoms with E-state index in [2.05, 4.69) is 5.32 Å². The zero-order valence-electron chi connectivity index (χ0n) is 10.3. The first kappa shape index (κ1) is 18.1. The Hall–Kier alpha value is -0.910. The molecular weight excluding hydrogens is 297 g/mol. The first-order valence-electron chi connectivity index (χ1n) is 5.47. The van der Waals surface area contributed by atoms with Crippen molar-refractivity contribution in [2.24, 2.45) is 5.73 Å². The third-order valence-electron chi connectivity index (χ3n) is 2.56. The van der Waals surface area contributed by atoms with E-state index < -0.39 is 30.8 Å². The van der Waals surface area contributed by atoms with Gasteiger partial charge in [0.25, 0.3) is 5.92 Å². The largest absolute Gasteiger partial charge is 0.349 e. The van der Waals surface area contributed by atoms with Gasteiger partial charge in [-0.15, -0.1) is 12.4 Å². The van der Waals surface area contributed by atoms with Crippen molar-refractivity contribution in [3.05, 3.63) is 34.9 Å². The summed E-state index contributed by atoms with van der Waals surface area (Å²) in [4.78, 5) is 11.7. The van der Waals surface area contributed by atoms with E-state index in [1.165, 1.54) is 0 Å². The second-order valence-electron chi connectivity index (χ2n) is 4.05. The molecule has 0 heterocycles. The number of amides is 1. The molecule has 7 heteroatoms. The molecule has 1 aromatic carbocycles. The Kier molecular flexibility index (Phi) is 7.26. The van der Waals surface area contributed by atoms with Gasteiger partial charge in [-0.2, -0.15) is 0 Å². The van der Waals surface area contributed by atoms with Crippen LogP contribution in [-0.2, 0) is 4.79 Å². The number of nitrogens with two attached hydrogens (primary N) is 1. The molecule has 3 N–H and O–H groups in total. The molecule has 1 atom stereocenters.